The van der Waals surface area contributed by atoms with Gasteiger partial charge in [0.05, 0.1) is 7.11 Å². The molecule has 6 nitrogen and oxygen atoms in total. The molecular formula is C22H17N3O3. The van der Waals surface area contributed by atoms with Gasteiger partial charge in [0.1, 0.15) is 17.1 Å². The Morgan fingerprint density at radius 3 is 2.57 bits per heavy atom. The van der Waals surface area contributed by atoms with E-state index in [1.165, 1.54) is 6.07 Å². The first-order valence-corrected chi connectivity index (χ1v) is 8.64. The minimum Gasteiger partial charge on any atom is -0.496 e. The molecule has 4 rings (SSSR count). The molecule has 2 aromatic heterocycles. The van der Waals surface area contributed by atoms with Crippen LogP contribution in [0, 0.1) is 0 Å². The maximum Gasteiger partial charge on any atom is 0.339 e. The maximum absolute atomic E-state index is 11.3. The number of carboxylic acid groups (broad SMARTS) is 1. The Kier molecular flexibility index (Phi) is 4.60. The third-order valence-electron chi connectivity index (χ3n) is 4.49. The van der Waals surface area contributed by atoms with Crippen LogP contribution < -0.4 is 10.1 Å². The summed E-state index contributed by atoms with van der Waals surface area (Å²) in [6.07, 6.45) is 5.11. The van der Waals surface area contributed by atoms with Crippen LogP contribution in [0.1, 0.15) is 10.4 Å². The van der Waals surface area contributed by atoms with Gasteiger partial charge in [-0.25, -0.2) is 9.78 Å². The Bertz CT molecular complexity index is 1160. The second-order valence-electron chi connectivity index (χ2n) is 6.14. The first-order valence-electron chi connectivity index (χ1n) is 8.64. The fourth-order valence-electron chi connectivity index (χ4n) is 3.14. The van der Waals surface area contributed by atoms with Crippen molar-refractivity contribution in [3.8, 4) is 16.9 Å². The van der Waals surface area contributed by atoms with Gasteiger partial charge >= 0.3 is 5.97 Å². The van der Waals surface area contributed by atoms with E-state index < -0.39 is 5.97 Å². The molecule has 0 bridgehead atoms. The SMILES string of the molecule is COc1ccc(-c2ccc(Nc3ncccc3C(=O)O)cc2)c2ccncc12. The van der Waals surface area contributed by atoms with E-state index in [0.29, 0.717) is 5.82 Å². The van der Waals surface area contributed by atoms with Crippen LogP contribution in [0.25, 0.3) is 21.9 Å². The van der Waals surface area contributed by atoms with Gasteiger partial charge in [-0.3, -0.25) is 4.98 Å². The highest BCUT2D eigenvalue weighted by Gasteiger charge is 2.11. The van der Waals surface area contributed by atoms with Crippen LogP contribution >= 0.6 is 0 Å². The molecule has 28 heavy (non-hydrogen) atoms. The predicted octanol–water partition coefficient (Wildman–Crippen LogP) is 4.75. The van der Waals surface area contributed by atoms with Crippen LogP contribution in [0.15, 0.2) is 73.2 Å². The molecule has 2 heterocycles. The van der Waals surface area contributed by atoms with E-state index in [9.17, 15) is 9.90 Å². The Labute approximate surface area is 161 Å². The summed E-state index contributed by atoms with van der Waals surface area (Å²) in [4.78, 5) is 19.7. The largest absolute Gasteiger partial charge is 0.496 e. The summed E-state index contributed by atoms with van der Waals surface area (Å²) in [7, 11) is 1.64. The zero-order chi connectivity index (χ0) is 19.5. The lowest BCUT2D eigenvalue weighted by molar-refractivity contribution is 0.0697. The molecule has 0 amide bonds. The molecule has 4 aromatic rings. The monoisotopic (exact) mass is 371 g/mol. The molecular weight excluding hydrogens is 354 g/mol. The number of nitrogens with zero attached hydrogens (tertiary/aromatic N) is 2. The smallest absolute Gasteiger partial charge is 0.339 e. The van der Waals surface area contributed by atoms with Crippen LogP contribution in [0.2, 0.25) is 0 Å². The number of hydrogen-bond acceptors (Lipinski definition) is 5. The molecule has 0 aliphatic heterocycles. The summed E-state index contributed by atoms with van der Waals surface area (Å²) in [6.45, 7) is 0. The Balaban J connectivity index is 1.68. The van der Waals surface area contributed by atoms with E-state index in [1.807, 2.05) is 42.5 Å². The third-order valence-corrected chi connectivity index (χ3v) is 4.49. The highest BCUT2D eigenvalue weighted by molar-refractivity contribution is 6.00. The molecule has 138 valence electrons. The number of carboxylic acids is 1. The van der Waals surface area contributed by atoms with Gasteiger partial charge in [0.25, 0.3) is 0 Å². The third kappa shape index (κ3) is 3.23. The van der Waals surface area contributed by atoms with Crippen LogP contribution in [-0.2, 0) is 0 Å². The normalized spacial score (nSPS) is 10.6. The summed E-state index contributed by atoms with van der Waals surface area (Å²) in [5.74, 6) is 0.0655. The minimum atomic E-state index is -1.02. The number of nitrogens with one attached hydrogen (secondary N) is 1. The molecule has 0 fully saturated rings. The first-order chi connectivity index (χ1) is 13.7. The van der Waals surface area contributed by atoms with Crippen molar-refractivity contribution in [2.24, 2.45) is 0 Å². The fourth-order valence-corrected chi connectivity index (χ4v) is 3.14. The van der Waals surface area contributed by atoms with E-state index in [-0.39, 0.29) is 5.56 Å². The molecule has 0 aliphatic carbocycles. The quantitative estimate of drug-likeness (QED) is 0.527. The number of carbonyl (C=O) groups is 1. The lowest BCUT2D eigenvalue weighted by Crippen LogP contribution is -2.04. The standard InChI is InChI=1S/C22H17N3O3/c1-28-20-9-8-16(17-10-12-23-13-19(17)20)14-4-6-15(7-5-14)25-21-18(22(26)27)3-2-11-24-21/h2-13H,1H3,(H,24,25)(H,26,27). The van der Waals surface area contributed by atoms with Crippen molar-refractivity contribution >= 4 is 28.2 Å². The number of aromatic nitrogens is 2. The van der Waals surface area contributed by atoms with Crippen molar-refractivity contribution in [3.63, 3.8) is 0 Å². The average molecular weight is 371 g/mol. The Morgan fingerprint density at radius 1 is 1.00 bits per heavy atom. The lowest BCUT2D eigenvalue weighted by atomic mass is 9.98. The number of rotatable bonds is 5. The van der Waals surface area contributed by atoms with Gasteiger partial charge in [-0.1, -0.05) is 18.2 Å². The Morgan fingerprint density at radius 2 is 1.82 bits per heavy atom. The molecule has 0 saturated carbocycles. The van der Waals surface area contributed by atoms with Gasteiger partial charge in [0.2, 0.25) is 0 Å². The lowest BCUT2D eigenvalue weighted by Gasteiger charge is -2.12. The van der Waals surface area contributed by atoms with Gasteiger partial charge in [0.15, 0.2) is 0 Å². The zero-order valence-corrected chi connectivity index (χ0v) is 15.1. The van der Waals surface area contributed by atoms with E-state index in [0.717, 1.165) is 33.3 Å². The molecule has 6 heteroatoms. The number of benzene rings is 2. The summed E-state index contributed by atoms with van der Waals surface area (Å²) >= 11 is 0. The number of methoxy groups -OCH3 is 1. The van der Waals surface area contributed by atoms with Crippen LogP contribution in [0.4, 0.5) is 11.5 Å². The number of ether oxygens (including phenoxy) is 1. The molecule has 0 aliphatic rings. The van der Waals surface area contributed by atoms with Gasteiger partial charge in [0, 0.05) is 29.7 Å². The first kappa shape index (κ1) is 17.5. The van der Waals surface area contributed by atoms with E-state index in [4.69, 9.17) is 4.74 Å². The number of aromatic carboxylic acids is 1. The van der Waals surface area contributed by atoms with Crippen LogP contribution in [-0.4, -0.2) is 28.2 Å². The highest BCUT2D eigenvalue weighted by atomic mass is 16.5. The molecule has 0 unspecified atom stereocenters. The number of pyridine rings is 2. The van der Waals surface area contributed by atoms with Gasteiger partial charge in [-0.05, 0) is 52.9 Å². The number of anilines is 2. The van der Waals surface area contributed by atoms with Crippen molar-refractivity contribution < 1.29 is 14.6 Å². The molecule has 0 saturated heterocycles. The second-order valence-corrected chi connectivity index (χ2v) is 6.14. The summed E-state index contributed by atoms with van der Waals surface area (Å²) in [5.41, 5.74) is 2.97. The number of hydrogen-bond donors (Lipinski definition) is 2. The highest BCUT2D eigenvalue weighted by Crippen LogP contribution is 2.34. The molecule has 0 radical (unpaired) electrons. The molecule has 2 aromatic carbocycles. The van der Waals surface area contributed by atoms with Gasteiger partial charge in [-0.15, -0.1) is 0 Å². The predicted molar refractivity (Wildman–Crippen MR) is 108 cm³/mol. The van der Waals surface area contributed by atoms with E-state index in [2.05, 4.69) is 15.3 Å². The summed E-state index contributed by atoms with van der Waals surface area (Å²) in [6, 6.07) is 16.8. The summed E-state index contributed by atoms with van der Waals surface area (Å²) < 4.78 is 5.43. The molecule has 0 spiro atoms. The van der Waals surface area contributed by atoms with Crippen molar-refractivity contribution in [1.29, 1.82) is 0 Å². The fraction of sp³-hybridized carbons (Fsp3) is 0.0455. The zero-order valence-electron chi connectivity index (χ0n) is 15.1. The van der Waals surface area contributed by atoms with Crippen LogP contribution in [0.5, 0.6) is 5.75 Å². The van der Waals surface area contributed by atoms with E-state index in [1.54, 1.807) is 31.8 Å². The van der Waals surface area contributed by atoms with Gasteiger partial charge < -0.3 is 15.2 Å². The van der Waals surface area contributed by atoms with Gasteiger partial charge in [-0.2, -0.15) is 0 Å². The van der Waals surface area contributed by atoms with Crippen molar-refractivity contribution in [2.45, 2.75) is 0 Å². The maximum atomic E-state index is 11.3. The molecule has 0 atom stereocenters. The van der Waals surface area contributed by atoms with Crippen molar-refractivity contribution in [2.75, 3.05) is 12.4 Å². The summed E-state index contributed by atoms with van der Waals surface area (Å²) in [5, 5.41) is 14.3. The van der Waals surface area contributed by atoms with Crippen molar-refractivity contribution in [1.82, 2.24) is 9.97 Å². The average Bonchev–Trinajstić information content (AvgIpc) is 2.74. The Hall–Kier alpha value is -3.93. The van der Waals surface area contributed by atoms with E-state index >= 15 is 0 Å². The number of fused-ring (bicyclic) bond motifs is 1. The molecule has 2 N–H and O–H groups in total. The minimum absolute atomic E-state index is 0.125. The second kappa shape index (κ2) is 7.36. The topological polar surface area (TPSA) is 84.3 Å². The van der Waals surface area contributed by atoms with Crippen molar-refractivity contribution in [3.05, 3.63) is 78.8 Å². The van der Waals surface area contributed by atoms with Crippen LogP contribution in [0.3, 0.4) is 0 Å².